The third kappa shape index (κ3) is 3.73. The molecule has 0 N–H and O–H groups in total. The number of nitrogens with zero attached hydrogens (tertiary/aromatic N) is 3. The van der Waals surface area contributed by atoms with Gasteiger partial charge in [-0.15, -0.1) is 11.8 Å². The fourth-order valence-corrected chi connectivity index (χ4v) is 4.09. The summed E-state index contributed by atoms with van der Waals surface area (Å²) in [4.78, 5) is 0. The van der Waals surface area contributed by atoms with E-state index in [9.17, 15) is 9.65 Å². The number of thioether (sulfide) groups is 2. The van der Waals surface area contributed by atoms with Crippen LogP contribution in [0.5, 0.6) is 0 Å². The molecule has 0 spiro atoms. The molecule has 0 amide bonds. The molecule has 0 radical (unpaired) electrons. The SMILES string of the molecule is N#CCSc1nsc(SCc2ccc(F)cc2)c1C#N. The summed E-state index contributed by atoms with van der Waals surface area (Å²) in [5.74, 6) is 0.671. The first-order chi connectivity index (χ1) is 9.74. The second kappa shape index (κ2) is 7.30. The molecule has 100 valence electrons. The number of hydrogen-bond donors (Lipinski definition) is 0. The zero-order valence-electron chi connectivity index (χ0n) is 10.2. The van der Waals surface area contributed by atoms with Crippen molar-refractivity contribution in [2.45, 2.75) is 15.0 Å². The molecule has 3 nitrogen and oxygen atoms in total. The van der Waals surface area contributed by atoms with Gasteiger partial charge in [-0.05, 0) is 29.2 Å². The quantitative estimate of drug-likeness (QED) is 0.777. The van der Waals surface area contributed by atoms with Gasteiger partial charge < -0.3 is 0 Å². The van der Waals surface area contributed by atoms with Crippen molar-refractivity contribution in [3.63, 3.8) is 0 Å². The van der Waals surface area contributed by atoms with Crippen LogP contribution in [-0.2, 0) is 5.75 Å². The largest absolute Gasteiger partial charge is 0.207 e. The molecule has 20 heavy (non-hydrogen) atoms. The van der Waals surface area contributed by atoms with Crippen LogP contribution in [0.2, 0.25) is 0 Å². The molecule has 0 aliphatic heterocycles. The van der Waals surface area contributed by atoms with E-state index in [0.29, 0.717) is 16.3 Å². The first-order valence-electron chi connectivity index (χ1n) is 5.51. The Bertz CT molecular complexity index is 668. The van der Waals surface area contributed by atoms with E-state index in [1.807, 2.05) is 6.07 Å². The van der Waals surface area contributed by atoms with E-state index in [2.05, 4.69) is 10.4 Å². The average molecular weight is 321 g/mol. The maximum atomic E-state index is 12.8. The van der Waals surface area contributed by atoms with E-state index in [1.54, 1.807) is 12.1 Å². The van der Waals surface area contributed by atoms with Crippen LogP contribution in [0.25, 0.3) is 0 Å². The summed E-state index contributed by atoms with van der Waals surface area (Å²) in [7, 11) is 0. The van der Waals surface area contributed by atoms with Gasteiger partial charge in [0.1, 0.15) is 22.5 Å². The summed E-state index contributed by atoms with van der Waals surface area (Å²) >= 11 is 4.03. The number of rotatable bonds is 5. The molecule has 2 rings (SSSR count). The lowest BCUT2D eigenvalue weighted by Crippen LogP contribution is -1.83. The van der Waals surface area contributed by atoms with Gasteiger partial charge in [-0.25, -0.2) is 4.39 Å². The van der Waals surface area contributed by atoms with Crippen LogP contribution < -0.4 is 0 Å². The molecule has 1 aromatic carbocycles. The van der Waals surface area contributed by atoms with Crippen LogP contribution in [0, 0.1) is 28.5 Å². The first-order valence-corrected chi connectivity index (χ1v) is 8.26. The van der Waals surface area contributed by atoms with Gasteiger partial charge >= 0.3 is 0 Å². The van der Waals surface area contributed by atoms with E-state index in [0.717, 1.165) is 9.77 Å². The molecule has 0 aliphatic rings. The van der Waals surface area contributed by atoms with E-state index in [-0.39, 0.29) is 11.6 Å². The van der Waals surface area contributed by atoms with Crippen LogP contribution >= 0.6 is 35.1 Å². The highest BCUT2D eigenvalue weighted by atomic mass is 32.2. The number of hydrogen-bond acceptors (Lipinski definition) is 6. The smallest absolute Gasteiger partial charge is 0.130 e. The molecule has 0 unspecified atom stereocenters. The van der Waals surface area contributed by atoms with Gasteiger partial charge in [-0.1, -0.05) is 23.9 Å². The van der Waals surface area contributed by atoms with E-state index < -0.39 is 0 Å². The molecule has 0 atom stereocenters. The third-order valence-electron chi connectivity index (χ3n) is 2.30. The molecule has 0 saturated carbocycles. The standard InChI is InChI=1S/C13H8FN3S3/c14-10-3-1-9(2-4-10)8-19-13-11(7-16)12(17-20-13)18-6-5-15/h1-4H,6,8H2. The molecule has 0 aliphatic carbocycles. The highest BCUT2D eigenvalue weighted by molar-refractivity contribution is 8.01. The topological polar surface area (TPSA) is 60.5 Å². The Kier molecular flexibility index (Phi) is 5.42. The maximum Gasteiger partial charge on any atom is 0.130 e. The molecule has 7 heteroatoms. The predicted octanol–water partition coefficient (Wildman–Crippen LogP) is 4.06. The second-order valence-corrected chi connectivity index (χ2v) is 6.61. The Balaban J connectivity index is 2.06. The summed E-state index contributed by atoms with van der Waals surface area (Å²) in [5, 5.41) is 18.3. The Morgan fingerprint density at radius 3 is 2.60 bits per heavy atom. The van der Waals surface area contributed by atoms with Gasteiger partial charge in [-0.3, -0.25) is 0 Å². The lowest BCUT2D eigenvalue weighted by atomic mass is 10.2. The van der Waals surface area contributed by atoms with Crippen molar-refractivity contribution >= 4 is 35.1 Å². The van der Waals surface area contributed by atoms with Gasteiger partial charge in [0.2, 0.25) is 0 Å². The van der Waals surface area contributed by atoms with Crippen molar-refractivity contribution in [2.75, 3.05) is 5.75 Å². The summed E-state index contributed by atoms with van der Waals surface area (Å²) < 4.78 is 17.8. The van der Waals surface area contributed by atoms with Crippen molar-refractivity contribution in [2.24, 2.45) is 0 Å². The van der Waals surface area contributed by atoms with Crippen molar-refractivity contribution < 1.29 is 4.39 Å². The van der Waals surface area contributed by atoms with Crippen LogP contribution in [0.3, 0.4) is 0 Å². The van der Waals surface area contributed by atoms with Crippen LogP contribution in [0.1, 0.15) is 11.1 Å². The third-order valence-corrected chi connectivity index (χ3v) is 5.42. The zero-order chi connectivity index (χ0) is 14.4. The van der Waals surface area contributed by atoms with E-state index >= 15 is 0 Å². The highest BCUT2D eigenvalue weighted by Gasteiger charge is 2.14. The lowest BCUT2D eigenvalue weighted by molar-refractivity contribution is 0.627. The Labute approximate surface area is 128 Å². The normalized spacial score (nSPS) is 9.95. The molecular formula is C13H8FN3S3. The molecule has 2 aromatic rings. The van der Waals surface area contributed by atoms with Gasteiger partial charge in [0.05, 0.1) is 16.0 Å². The molecule has 0 saturated heterocycles. The predicted molar refractivity (Wildman–Crippen MR) is 79.1 cm³/mol. The van der Waals surface area contributed by atoms with Gasteiger partial charge in [-0.2, -0.15) is 14.9 Å². The zero-order valence-corrected chi connectivity index (χ0v) is 12.6. The van der Waals surface area contributed by atoms with Gasteiger partial charge in [0, 0.05) is 5.75 Å². The minimum Gasteiger partial charge on any atom is -0.207 e. The number of nitriles is 2. The number of aromatic nitrogens is 1. The summed E-state index contributed by atoms with van der Waals surface area (Å²) in [6, 6.07) is 10.4. The molecule has 0 bridgehead atoms. The van der Waals surface area contributed by atoms with E-state index in [4.69, 9.17) is 5.26 Å². The summed E-state index contributed by atoms with van der Waals surface area (Å²) in [5.41, 5.74) is 1.52. The number of halogens is 1. The molecule has 1 aromatic heterocycles. The average Bonchev–Trinajstić information content (AvgIpc) is 2.86. The first kappa shape index (κ1) is 14.9. The Hall–Kier alpha value is -1.54. The monoisotopic (exact) mass is 321 g/mol. The number of benzene rings is 1. The van der Waals surface area contributed by atoms with Gasteiger partial charge in [0.15, 0.2) is 0 Å². The van der Waals surface area contributed by atoms with Crippen LogP contribution in [-0.4, -0.2) is 10.1 Å². The van der Waals surface area contributed by atoms with E-state index in [1.165, 1.54) is 47.2 Å². The summed E-state index contributed by atoms with van der Waals surface area (Å²) in [6.45, 7) is 0. The maximum absolute atomic E-state index is 12.8. The Morgan fingerprint density at radius 1 is 1.20 bits per heavy atom. The molecule has 0 fully saturated rings. The fraction of sp³-hybridized carbons (Fsp3) is 0.154. The minimum absolute atomic E-state index is 0.260. The summed E-state index contributed by atoms with van der Waals surface area (Å²) in [6.07, 6.45) is 0. The van der Waals surface area contributed by atoms with Crippen molar-refractivity contribution in [1.82, 2.24) is 4.37 Å². The Morgan fingerprint density at radius 2 is 1.95 bits per heavy atom. The fourth-order valence-electron chi connectivity index (χ4n) is 1.38. The minimum atomic E-state index is -0.260. The molecule has 1 heterocycles. The van der Waals surface area contributed by atoms with Crippen molar-refractivity contribution in [3.8, 4) is 12.1 Å². The van der Waals surface area contributed by atoms with Crippen molar-refractivity contribution in [3.05, 3.63) is 41.2 Å². The molecular weight excluding hydrogens is 313 g/mol. The second-order valence-electron chi connectivity index (χ2n) is 3.62. The van der Waals surface area contributed by atoms with Crippen molar-refractivity contribution in [1.29, 1.82) is 10.5 Å². The highest BCUT2D eigenvalue weighted by Crippen LogP contribution is 2.35. The lowest BCUT2D eigenvalue weighted by Gasteiger charge is -2.00. The van der Waals surface area contributed by atoms with Crippen LogP contribution in [0.4, 0.5) is 4.39 Å². The van der Waals surface area contributed by atoms with Crippen LogP contribution in [0.15, 0.2) is 33.5 Å². The van der Waals surface area contributed by atoms with Gasteiger partial charge in [0.25, 0.3) is 0 Å².